The molecule has 90 valence electrons. The van der Waals surface area contributed by atoms with Crippen LogP contribution in [0, 0.1) is 0 Å². The van der Waals surface area contributed by atoms with Crippen molar-refractivity contribution in [2.24, 2.45) is 0 Å². The Kier molecular flexibility index (Phi) is 4.34. The molecule has 0 bridgehead atoms. The second-order valence-corrected chi connectivity index (χ2v) is 5.11. The minimum absolute atomic E-state index is 0.0552. The number of halogens is 2. The zero-order chi connectivity index (χ0) is 13.0. The fourth-order valence-corrected chi connectivity index (χ4v) is 1.94. The number of carbonyl (C=O) groups is 1. The summed E-state index contributed by atoms with van der Waals surface area (Å²) >= 11 is 9.21. The Morgan fingerprint density at radius 2 is 1.83 bits per heavy atom. The number of carbonyl (C=O) groups excluding carboxylic acids is 1. The third kappa shape index (κ3) is 3.56. The van der Waals surface area contributed by atoms with Crippen molar-refractivity contribution in [3.05, 3.63) is 75.2 Å². The molecule has 0 saturated carbocycles. The Balaban J connectivity index is 2.14. The Labute approximate surface area is 119 Å². The van der Waals surface area contributed by atoms with E-state index in [2.05, 4.69) is 15.9 Å². The lowest BCUT2D eigenvalue weighted by atomic mass is 10.1. The van der Waals surface area contributed by atoms with Gasteiger partial charge in [-0.2, -0.15) is 0 Å². The van der Waals surface area contributed by atoms with Crippen molar-refractivity contribution in [1.29, 1.82) is 0 Å². The highest BCUT2D eigenvalue weighted by Crippen LogP contribution is 2.14. The van der Waals surface area contributed by atoms with E-state index in [1.165, 1.54) is 0 Å². The summed E-state index contributed by atoms with van der Waals surface area (Å²) in [6.07, 6.45) is 3.34. The Hall–Kier alpha value is -1.38. The normalized spacial score (nSPS) is 10.8. The maximum atomic E-state index is 11.9. The largest absolute Gasteiger partial charge is 0.289 e. The summed E-state index contributed by atoms with van der Waals surface area (Å²) in [5.74, 6) is -0.0552. The van der Waals surface area contributed by atoms with Gasteiger partial charge in [-0.1, -0.05) is 57.9 Å². The number of hydrogen-bond donors (Lipinski definition) is 0. The number of ketones is 1. The third-order valence-corrected chi connectivity index (χ3v) is 3.17. The van der Waals surface area contributed by atoms with E-state index in [0.29, 0.717) is 10.6 Å². The van der Waals surface area contributed by atoms with Gasteiger partial charge >= 0.3 is 0 Å². The molecule has 0 amide bonds. The number of benzene rings is 2. The third-order valence-electron chi connectivity index (χ3n) is 2.41. The molecule has 18 heavy (non-hydrogen) atoms. The van der Waals surface area contributed by atoms with Crippen LogP contribution in [0.5, 0.6) is 0 Å². The Bertz CT molecular complexity index is 588. The van der Waals surface area contributed by atoms with Crippen molar-refractivity contribution in [2.75, 3.05) is 0 Å². The molecule has 0 aliphatic heterocycles. The fraction of sp³-hybridized carbons (Fsp3) is 0. The molecule has 0 aliphatic carbocycles. The summed E-state index contributed by atoms with van der Waals surface area (Å²) in [7, 11) is 0. The van der Waals surface area contributed by atoms with Crippen LogP contribution < -0.4 is 0 Å². The SMILES string of the molecule is O=C(C=Cc1ccc(Br)cc1)c1cccc(Cl)c1. The molecule has 2 aromatic rings. The molecule has 0 spiro atoms. The lowest BCUT2D eigenvalue weighted by Gasteiger charge is -1.97. The first-order chi connectivity index (χ1) is 8.65. The van der Waals surface area contributed by atoms with E-state index in [0.717, 1.165) is 10.0 Å². The van der Waals surface area contributed by atoms with E-state index in [1.807, 2.05) is 24.3 Å². The fourth-order valence-electron chi connectivity index (χ4n) is 1.48. The van der Waals surface area contributed by atoms with Crippen molar-refractivity contribution in [2.45, 2.75) is 0 Å². The number of hydrogen-bond acceptors (Lipinski definition) is 1. The Morgan fingerprint density at radius 3 is 2.50 bits per heavy atom. The molecular formula is C15H10BrClO. The maximum Gasteiger partial charge on any atom is 0.185 e. The zero-order valence-corrected chi connectivity index (χ0v) is 11.8. The monoisotopic (exact) mass is 320 g/mol. The second-order valence-electron chi connectivity index (χ2n) is 3.76. The van der Waals surface area contributed by atoms with Gasteiger partial charge < -0.3 is 0 Å². The molecular weight excluding hydrogens is 312 g/mol. The van der Waals surface area contributed by atoms with E-state index < -0.39 is 0 Å². The van der Waals surface area contributed by atoms with Crippen molar-refractivity contribution >= 4 is 39.4 Å². The van der Waals surface area contributed by atoms with E-state index in [4.69, 9.17) is 11.6 Å². The highest BCUT2D eigenvalue weighted by Gasteiger charge is 2.01. The summed E-state index contributed by atoms with van der Waals surface area (Å²) < 4.78 is 1.01. The molecule has 0 unspecified atom stereocenters. The first-order valence-electron chi connectivity index (χ1n) is 5.39. The molecule has 3 heteroatoms. The minimum atomic E-state index is -0.0552. The zero-order valence-electron chi connectivity index (χ0n) is 9.44. The van der Waals surface area contributed by atoms with Gasteiger partial charge in [0.2, 0.25) is 0 Å². The summed E-state index contributed by atoms with van der Waals surface area (Å²) in [6, 6.07) is 14.7. The van der Waals surface area contributed by atoms with Crippen LogP contribution in [0.2, 0.25) is 5.02 Å². The minimum Gasteiger partial charge on any atom is -0.289 e. The van der Waals surface area contributed by atoms with Crippen LogP contribution in [0.3, 0.4) is 0 Å². The molecule has 2 aromatic carbocycles. The van der Waals surface area contributed by atoms with Gasteiger partial charge in [-0.3, -0.25) is 4.79 Å². The topological polar surface area (TPSA) is 17.1 Å². The molecule has 0 heterocycles. The van der Waals surface area contributed by atoms with Gasteiger partial charge in [-0.05, 0) is 35.9 Å². The number of allylic oxidation sites excluding steroid dienone is 1. The van der Waals surface area contributed by atoms with E-state index >= 15 is 0 Å². The highest BCUT2D eigenvalue weighted by atomic mass is 79.9. The summed E-state index contributed by atoms with van der Waals surface area (Å²) in [5.41, 5.74) is 1.57. The Morgan fingerprint density at radius 1 is 1.11 bits per heavy atom. The predicted molar refractivity (Wildman–Crippen MR) is 79.0 cm³/mol. The average molecular weight is 322 g/mol. The molecule has 0 radical (unpaired) electrons. The van der Waals surface area contributed by atoms with Crippen molar-refractivity contribution in [3.8, 4) is 0 Å². The lowest BCUT2D eigenvalue weighted by molar-refractivity contribution is 0.104. The molecule has 0 saturated heterocycles. The first-order valence-corrected chi connectivity index (χ1v) is 6.56. The van der Waals surface area contributed by atoms with E-state index in [-0.39, 0.29) is 5.78 Å². The van der Waals surface area contributed by atoms with E-state index in [1.54, 1.807) is 36.4 Å². The van der Waals surface area contributed by atoms with Crippen LogP contribution >= 0.6 is 27.5 Å². The van der Waals surface area contributed by atoms with Crippen molar-refractivity contribution in [3.63, 3.8) is 0 Å². The van der Waals surface area contributed by atoms with Crippen LogP contribution in [0.25, 0.3) is 6.08 Å². The van der Waals surface area contributed by atoms with Gasteiger partial charge in [-0.15, -0.1) is 0 Å². The standard InChI is InChI=1S/C15H10BrClO/c16-13-7-4-11(5-8-13)6-9-15(18)12-2-1-3-14(17)10-12/h1-10H. The van der Waals surface area contributed by atoms with Crippen molar-refractivity contribution < 1.29 is 4.79 Å². The lowest BCUT2D eigenvalue weighted by Crippen LogP contribution is -1.93. The molecule has 0 N–H and O–H groups in total. The molecule has 0 aliphatic rings. The van der Waals surface area contributed by atoms with Crippen LogP contribution in [-0.2, 0) is 0 Å². The van der Waals surface area contributed by atoms with Gasteiger partial charge in [0, 0.05) is 15.1 Å². The molecule has 0 atom stereocenters. The van der Waals surface area contributed by atoms with Crippen LogP contribution in [0.1, 0.15) is 15.9 Å². The van der Waals surface area contributed by atoms with Gasteiger partial charge in [0.15, 0.2) is 5.78 Å². The van der Waals surface area contributed by atoms with Gasteiger partial charge in [0.05, 0.1) is 0 Å². The van der Waals surface area contributed by atoms with Gasteiger partial charge in [0.25, 0.3) is 0 Å². The molecule has 0 fully saturated rings. The van der Waals surface area contributed by atoms with E-state index in [9.17, 15) is 4.79 Å². The predicted octanol–water partition coefficient (Wildman–Crippen LogP) is 5.00. The molecule has 2 rings (SSSR count). The van der Waals surface area contributed by atoms with Crippen molar-refractivity contribution in [1.82, 2.24) is 0 Å². The highest BCUT2D eigenvalue weighted by molar-refractivity contribution is 9.10. The molecule has 1 nitrogen and oxygen atoms in total. The maximum absolute atomic E-state index is 11.9. The quantitative estimate of drug-likeness (QED) is 0.574. The number of rotatable bonds is 3. The first kappa shape index (κ1) is 13.1. The van der Waals surface area contributed by atoms with Crippen LogP contribution in [-0.4, -0.2) is 5.78 Å². The average Bonchev–Trinajstić information content (AvgIpc) is 2.38. The van der Waals surface area contributed by atoms with Gasteiger partial charge in [0.1, 0.15) is 0 Å². The van der Waals surface area contributed by atoms with Crippen LogP contribution in [0.4, 0.5) is 0 Å². The summed E-state index contributed by atoms with van der Waals surface area (Å²) in [5, 5.41) is 0.567. The smallest absolute Gasteiger partial charge is 0.185 e. The second kappa shape index (κ2) is 5.98. The molecule has 0 aromatic heterocycles. The summed E-state index contributed by atoms with van der Waals surface area (Å²) in [6.45, 7) is 0. The van der Waals surface area contributed by atoms with Gasteiger partial charge in [-0.25, -0.2) is 0 Å². The van der Waals surface area contributed by atoms with Crippen LogP contribution in [0.15, 0.2) is 59.1 Å². The summed E-state index contributed by atoms with van der Waals surface area (Å²) in [4.78, 5) is 11.9.